The molecule has 1 amide bonds. The highest BCUT2D eigenvalue weighted by molar-refractivity contribution is 5.92. The van der Waals surface area contributed by atoms with Crippen LogP contribution in [0.15, 0.2) is 48.5 Å². The average Bonchev–Trinajstić information content (AvgIpc) is 2.61. The molecule has 4 heteroatoms. The number of para-hydroxylation sites is 1. The van der Waals surface area contributed by atoms with Crippen molar-refractivity contribution in [1.82, 2.24) is 5.32 Å². The van der Waals surface area contributed by atoms with Crippen LogP contribution in [0.5, 0.6) is 5.75 Å². The minimum Gasteiger partial charge on any atom is -0.497 e. The van der Waals surface area contributed by atoms with Crippen LogP contribution >= 0.6 is 0 Å². The summed E-state index contributed by atoms with van der Waals surface area (Å²) in [6, 6.07) is 15.8. The maximum Gasteiger partial charge on any atom is 0.224 e. The molecule has 0 aliphatic heterocycles. The van der Waals surface area contributed by atoms with E-state index >= 15 is 0 Å². The van der Waals surface area contributed by atoms with Crippen LogP contribution in [0.25, 0.3) is 0 Å². The second-order valence-corrected chi connectivity index (χ2v) is 5.87. The van der Waals surface area contributed by atoms with Gasteiger partial charge in [-0.2, -0.15) is 0 Å². The molecular formula is C20H26N2O2. The number of carbonyl (C=O) groups excluding carboxylic acids is 1. The lowest BCUT2D eigenvalue weighted by Gasteiger charge is -2.15. The lowest BCUT2D eigenvalue weighted by molar-refractivity contribution is -0.116. The van der Waals surface area contributed by atoms with Gasteiger partial charge in [0.2, 0.25) is 5.91 Å². The smallest absolute Gasteiger partial charge is 0.224 e. The summed E-state index contributed by atoms with van der Waals surface area (Å²) in [6.45, 7) is 5.77. The highest BCUT2D eigenvalue weighted by Gasteiger charge is 2.13. The van der Waals surface area contributed by atoms with E-state index in [-0.39, 0.29) is 11.8 Å². The molecular weight excluding hydrogens is 300 g/mol. The van der Waals surface area contributed by atoms with Gasteiger partial charge in [-0.05, 0) is 41.8 Å². The van der Waals surface area contributed by atoms with Gasteiger partial charge >= 0.3 is 0 Å². The molecule has 0 heterocycles. The Morgan fingerprint density at radius 3 is 2.71 bits per heavy atom. The predicted molar refractivity (Wildman–Crippen MR) is 98.5 cm³/mol. The standard InChI is InChI=1S/C20H26N2O2/c1-4-21-14-17-8-5-6-11-19(17)22-20(23)12-15(2)16-9-7-10-18(13-16)24-3/h5-11,13,15,21H,4,12,14H2,1-3H3,(H,22,23). The van der Waals surface area contributed by atoms with Crippen LogP contribution < -0.4 is 15.4 Å². The van der Waals surface area contributed by atoms with E-state index in [2.05, 4.69) is 24.5 Å². The fourth-order valence-corrected chi connectivity index (χ4v) is 2.60. The van der Waals surface area contributed by atoms with Crippen molar-refractivity contribution >= 4 is 11.6 Å². The van der Waals surface area contributed by atoms with Gasteiger partial charge in [0, 0.05) is 18.7 Å². The second kappa shape index (κ2) is 9.08. The predicted octanol–water partition coefficient (Wildman–Crippen LogP) is 3.94. The van der Waals surface area contributed by atoms with Gasteiger partial charge < -0.3 is 15.4 Å². The summed E-state index contributed by atoms with van der Waals surface area (Å²) in [5.74, 6) is 0.964. The molecule has 0 radical (unpaired) electrons. The molecule has 4 nitrogen and oxygen atoms in total. The number of anilines is 1. The van der Waals surface area contributed by atoms with Crippen LogP contribution in [0.4, 0.5) is 5.69 Å². The summed E-state index contributed by atoms with van der Waals surface area (Å²) in [5.41, 5.74) is 3.08. The normalized spacial score (nSPS) is 11.8. The minimum atomic E-state index is 0.0225. The third-order valence-corrected chi connectivity index (χ3v) is 4.01. The van der Waals surface area contributed by atoms with Gasteiger partial charge in [-0.1, -0.05) is 44.2 Å². The van der Waals surface area contributed by atoms with Crippen LogP contribution in [0.1, 0.15) is 37.3 Å². The fraction of sp³-hybridized carbons (Fsp3) is 0.350. The number of ether oxygens (including phenoxy) is 1. The molecule has 2 aromatic carbocycles. The first-order chi connectivity index (χ1) is 11.6. The SMILES string of the molecule is CCNCc1ccccc1NC(=O)CC(C)c1cccc(OC)c1. The van der Waals surface area contributed by atoms with Crippen molar-refractivity contribution in [1.29, 1.82) is 0 Å². The Labute approximate surface area is 144 Å². The van der Waals surface area contributed by atoms with Gasteiger partial charge in [0.25, 0.3) is 0 Å². The topological polar surface area (TPSA) is 50.4 Å². The van der Waals surface area contributed by atoms with Gasteiger partial charge in [0.1, 0.15) is 5.75 Å². The van der Waals surface area contributed by atoms with Crippen LogP contribution in [0.2, 0.25) is 0 Å². The van der Waals surface area contributed by atoms with Crippen LogP contribution in [0, 0.1) is 0 Å². The summed E-state index contributed by atoms with van der Waals surface area (Å²) in [5, 5.41) is 6.33. The van der Waals surface area contributed by atoms with E-state index in [1.165, 1.54) is 0 Å². The Kier molecular flexibility index (Phi) is 6.82. The lowest BCUT2D eigenvalue weighted by atomic mass is 9.97. The molecule has 1 unspecified atom stereocenters. The molecule has 2 aromatic rings. The summed E-state index contributed by atoms with van der Waals surface area (Å²) in [7, 11) is 1.65. The molecule has 0 spiro atoms. The maximum atomic E-state index is 12.4. The summed E-state index contributed by atoms with van der Waals surface area (Å²) in [6.07, 6.45) is 0.433. The summed E-state index contributed by atoms with van der Waals surface area (Å²) >= 11 is 0. The number of methoxy groups -OCH3 is 1. The molecule has 0 aromatic heterocycles. The molecule has 0 saturated carbocycles. The maximum absolute atomic E-state index is 12.4. The Hall–Kier alpha value is -2.33. The number of hydrogen-bond acceptors (Lipinski definition) is 3. The zero-order valence-electron chi connectivity index (χ0n) is 14.6. The monoisotopic (exact) mass is 326 g/mol. The van der Waals surface area contributed by atoms with E-state index in [0.717, 1.165) is 35.7 Å². The van der Waals surface area contributed by atoms with E-state index in [1.54, 1.807) is 7.11 Å². The average molecular weight is 326 g/mol. The second-order valence-electron chi connectivity index (χ2n) is 5.87. The van der Waals surface area contributed by atoms with E-state index in [1.807, 2.05) is 48.5 Å². The Balaban J connectivity index is 2.00. The third-order valence-electron chi connectivity index (χ3n) is 4.01. The molecule has 24 heavy (non-hydrogen) atoms. The molecule has 1 atom stereocenters. The Morgan fingerprint density at radius 2 is 1.96 bits per heavy atom. The molecule has 2 rings (SSSR count). The largest absolute Gasteiger partial charge is 0.497 e. The van der Waals surface area contributed by atoms with Gasteiger partial charge in [0.05, 0.1) is 7.11 Å². The van der Waals surface area contributed by atoms with Crippen LogP contribution in [0.3, 0.4) is 0 Å². The Morgan fingerprint density at radius 1 is 1.17 bits per heavy atom. The van der Waals surface area contributed by atoms with Crippen LogP contribution in [-0.2, 0) is 11.3 Å². The van der Waals surface area contributed by atoms with E-state index < -0.39 is 0 Å². The highest BCUT2D eigenvalue weighted by atomic mass is 16.5. The first kappa shape index (κ1) is 18.0. The first-order valence-electron chi connectivity index (χ1n) is 8.36. The van der Waals surface area contributed by atoms with Crippen molar-refractivity contribution in [3.8, 4) is 5.75 Å². The number of benzene rings is 2. The van der Waals surface area contributed by atoms with Gasteiger partial charge in [-0.15, -0.1) is 0 Å². The van der Waals surface area contributed by atoms with Crippen molar-refractivity contribution < 1.29 is 9.53 Å². The quantitative estimate of drug-likeness (QED) is 0.772. The molecule has 128 valence electrons. The zero-order chi connectivity index (χ0) is 17.4. The van der Waals surface area contributed by atoms with Crippen molar-refractivity contribution in [2.45, 2.75) is 32.7 Å². The molecule has 0 aliphatic rings. The van der Waals surface area contributed by atoms with Gasteiger partial charge in [0.15, 0.2) is 0 Å². The third kappa shape index (κ3) is 5.10. The zero-order valence-corrected chi connectivity index (χ0v) is 14.6. The van der Waals surface area contributed by atoms with Gasteiger partial charge in [-0.3, -0.25) is 4.79 Å². The minimum absolute atomic E-state index is 0.0225. The molecule has 0 saturated heterocycles. The van der Waals surface area contributed by atoms with Crippen molar-refractivity contribution in [3.63, 3.8) is 0 Å². The van der Waals surface area contributed by atoms with E-state index in [9.17, 15) is 4.79 Å². The summed E-state index contributed by atoms with van der Waals surface area (Å²) < 4.78 is 5.25. The first-order valence-corrected chi connectivity index (χ1v) is 8.36. The van der Waals surface area contributed by atoms with E-state index in [4.69, 9.17) is 4.74 Å². The number of amides is 1. The number of rotatable bonds is 8. The van der Waals surface area contributed by atoms with Gasteiger partial charge in [-0.25, -0.2) is 0 Å². The molecule has 0 aliphatic carbocycles. The van der Waals surface area contributed by atoms with E-state index in [0.29, 0.717) is 6.42 Å². The highest BCUT2D eigenvalue weighted by Crippen LogP contribution is 2.24. The number of nitrogens with one attached hydrogen (secondary N) is 2. The number of hydrogen-bond donors (Lipinski definition) is 2. The van der Waals surface area contributed by atoms with Crippen molar-refractivity contribution in [3.05, 3.63) is 59.7 Å². The molecule has 0 fully saturated rings. The van der Waals surface area contributed by atoms with Crippen LogP contribution in [-0.4, -0.2) is 19.6 Å². The number of carbonyl (C=O) groups is 1. The molecule has 0 bridgehead atoms. The lowest BCUT2D eigenvalue weighted by Crippen LogP contribution is -2.18. The Bertz CT molecular complexity index is 670. The summed E-state index contributed by atoms with van der Waals surface area (Å²) in [4.78, 5) is 12.4. The van der Waals surface area contributed by atoms with Crippen molar-refractivity contribution in [2.24, 2.45) is 0 Å². The fourth-order valence-electron chi connectivity index (χ4n) is 2.60. The molecule has 2 N–H and O–H groups in total. The van der Waals surface area contributed by atoms with Crippen molar-refractivity contribution in [2.75, 3.05) is 19.0 Å².